The maximum absolute atomic E-state index is 9.12. The SMILES string of the molecule is COc1cccc(-c2nc3ccc(NC(C#N)=C(C#N)C#N)cc3o2)c1. The summed E-state index contributed by atoms with van der Waals surface area (Å²) in [7, 11) is 1.58. The third-order valence-corrected chi connectivity index (χ3v) is 3.56. The molecule has 2 aromatic carbocycles. The van der Waals surface area contributed by atoms with Crippen LogP contribution in [0, 0.1) is 34.0 Å². The van der Waals surface area contributed by atoms with E-state index in [0.717, 1.165) is 5.56 Å². The predicted octanol–water partition coefficient (Wildman–Crippen LogP) is 3.74. The molecule has 26 heavy (non-hydrogen) atoms. The maximum atomic E-state index is 9.12. The Kier molecular flexibility index (Phi) is 4.52. The van der Waals surface area contributed by atoms with E-state index in [0.29, 0.717) is 28.4 Å². The standard InChI is InChI=1S/C19H11N5O2/c1-25-15-4-2-3-12(7-15)19-24-16-6-5-14(8-18(16)26-19)23-17(11-22)13(9-20)10-21/h2-8,23H,1H3. The van der Waals surface area contributed by atoms with Crippen LogP contribution in [-0.2, 0) is 0 Å². The number of nitrogens with zero attached hydrogens (tertiary/aromatic N) is 4. The molecule has 7 heteroatoms. The van der Waals surface area contributed by atoms with Gasteiger partial charge in [0.05, 0.1) is 7.11 Å². The Hall–Kier alpha value is -4.28. The van der Waals surface area contributed by atoms with E-state index < -0.39 is 0 Å². The Morgan fingerprint density at radius 3 is 2.58 bits per heavy atom. The zero-order valence-electron chi connectivity index (χ0n) is 13.6. The molecule has 0 spiro atoms. The minimum absolute atomic E-state index is 0.123. The normalized spacial score (nSPS) is 9.62. The summed E-state index contributed by atoms with van der Waals surface area (Å²) in [6.45, 7) is 0. The van der Waals surface area contributed by atoms with Gasteiger partial charge in [-0.05, 0) is 30.3 Å². The first-order valence-corrected chi connectivity index (χ1v) is 7.45. The van der Waals surface area contributed by atoms with Crippen molar-refractivity contribution in [1.82, 2.24) is 4.98 Å². The van der Waals surface area contributed by atoms with E-state index in [1.807, 2.05) is 30.3 Å². The number of anilines is 1. The number of aromatic nitrogens is 1. The van der Waals surface area contributed by atoms with Gasteiger partial charge < -0.3 is 14.5 Å². The van der Waals surface area contributed by atoms with Crippen molar-refractivity contribution in [3.05, 3.63) is 53.7 Å². The van der Waals surface area contributed by atoms with E-state index in [1.54, 1.807) is 37.4 Å². The molecule has 0 bridgehead atoms. The molecular formula is C19H11N5O2. The van der Waals surface area contributed by atoms with E-state index in [1.165, 1.54) is 0 Å². The molecule has 124 valence electrons. The zero-order valence-corrected chi connectivity index (χ0v) is 13.6. The first-order valence-electron chi connectivity index (χ1n) is 7.45. The maximum Gasteiger partial charge on any atom is 0.227 e. The van der Waals surface area contributed by atoms with Gasteiger partial charge in [0.15, 0.2) is 11.2 Å². The summed E-state index contributed by atoms with van der Waals surface area (Å²) in [5.74, 6) is 1.12. The number of oxazole rings is 1. The average molecular weight is 341 g/mol. The Labute approximate surface area is 149 Å². The molecule has 7 nitrogen and oxygen atoms in total. The number of nitrogens with one attached hydrogen (secondary N) is 1. The summed E-state index contributed by atoms with van der Waals surface area (Å²) in [6.07, 6.45) is 0. The molecule has 1 N–H and O–H groups in total. The molecule has 0 saturated carbocycles. The molecule has 0 fully saturated rings. The van der Waals surface area contributed by atoms with Gasteiger partial charge in [-0.2, -0.15) is 15.8 Å². The predicted molar refractivity (Wildman–Crippen MR) is 93.5 cm³/mol. The lowest BCUT2D eigenvalue weighted by Crippen LogP contribution is -2.00. The van der Waals surface area contributed by atoms with Gasteiger partial charge in [-0.15, -0.1) is 0 Å². The van der Waals surface area contributed by atoms with E-state index >= 15 is 0 Å². The van der Waals surface area contributed by atoms with Crippen molar-refractivity contribution in [2.75, 3.05) is 12.4 Å². The quantitative estimate of drug-likeness (QED) is 0.718. The second-order valence-corrected chi connectivity index (χ2v) is 5.14. The second-order valence-electron chi connectivity index (χ2n) is 5.14. The van der Waals surface area contributed by atoms with Crippen molar-refractivity contribution >= 4 is 16.8 Å². The molecule has 0 aliphatic rings. The molecule has 0 aliphatic carbocycles. The van der Waals surface area contributed by atoms with Gasteiger partial charge in [0.1, 0.15) is 35.2 Å². The fourth-order valence-electron chi connectivity index (χ4n) is 2.31. The van der Waals surface area contributed by atoms with Crippen LogP contribution in [0.25, 0.3) is 22.6 Å². The van der Waals surface area contributed by atoms with Crippen LogP contribution in [-0.4, -0.2) is 12.1 Å². The third kappa shape index (κ3) is 3.17. The fourth-order valence-corrected chi connectivity index (χ4v) is 2.31. The minimum atomic E-state index is -0.290. The van der Waals surface area contributed by atoms with Crippen LogP contribution in [0.1, 0.15) is 0 Å². The van der Waals surface area contributed by atoms with Crippen LogP contribution in [0.2, 0.25) is 0 Å². The lowest BCUT2D eigenvalue weighted by molar-refractivity contribution is 0.415. The first kappa shape index (κ1) is 16.6. The topological polar surface area (TPSA) is 119 Å². The number of rotatable bonds is 4. The molecule has 0 aliphatic heterocycles. The van der Waals surface area contributed by atoms with Gasteiger partial charge in [-0.1, -0.05) is 6.07 Å². The van der Waals surface area contributed by atoms with Gasteiger partial charge >= 0.3 is 0 Å². The molecule has 1 aromatic heterocycles. The van der Waals surface area contributed by atoms with Crippen LogP contribution >= 0.6 is 0 Å². The van der Waals surface area contributed by atoms with Crippen molar-refractivity contribution in [2.24, 2.45) is 0 Å². The van der Waals surface area contributed by atoms with Gasteiger partial charge in [0.2, 0.25) is 5.89 Å². The summed E-state index contributed by atoms with van der Waals surface area (Å²) in [5.41, 5.74) is 2.00. The monoisotopic (exact) mass is 341 g/mol. The van der Waals surface area contributed by atoms with Crippen molar-refractivity contribution in [2.45, 2.75) is 0 Å². The molecule has 0 saturated heterocycles. The first-order chi connectivity index (χ1) is 12.7. The smallest absolute Gasteiger partial charge is 0.227 e. The van der Waals surface area contributed by atoms with Crippen LogP contribution in [0.4, 0.5) is 5.69 Å². The largest absolute Gasteiger partial charge is 0.497 e. The summed E-state index contributed by atoms with van der Waals surface area (Å²) in [4.78, 5) is 4.43. The number of methoxy groups -OCH3 is 1. The van der Waals surface area contributed by atoms with Gasteiger partial charge in [0, 0.05) is 17.3 Å². The van der Waals surface area contributed by atoms with Crippen LogP contribution < -0.4 is 10.1 Å². The summed E-state index contributed by atoms with van der Waals surface area (Å²) >= 11 is 0. The second kappa shape index (κ2) is 7.09. The van der Waals surface area contributed by atoms with E-state index in [9.17, 15) is 0 Å². The van der Waals surface area contributed by atoms with E-state index in [2.05, 4.69) is 10.3 Å². The molecular weight excluding hydrogens is 330 g/mol. The number of allylic oxidation sites excluding steroid dienone is 2. The Bertz CT molecular complexity index is 1120. The molecule has 3 rings (SSSR count). The highest BCUT2D eigenvalue weighted by Crippen LogP contribution is 2.28. The number of ether oxygens (including phenoxy) is 1. The highest BCUT2D eigenvalue weighted by atomic mass is 16.5. The van der Waals surface area contributed by atoms with Crippen molar-refractivity contribution in [3.63, 3.8) is 0 Å². The number of fused-ring (bicyclic) bond motifs is 1. The number of hydrogen-bond donors (Lipinski definition) is 1. The molecule has 0 unspecified atom stereocenters. The summed E-state index contributed by atoms with van der Waals surface area (Å²) in [5, 5.41) is 29.6. The highest BCUT2D eigenvalue weighted by Gasteiger charge is 2.11. The fraction of sp³-hybridized carbons (Fsp3) is 0.0526. The molecule has 0 radical (unpaired) electrons. The number of nitriles is 3. The van der Waals surface area contributed by atoms with E-state index in [-0.39, 0.29) is 11.3 Å². The van der Waals surface area contributed by atoms with Gasteiger partial charge in [-0.25, -0.2) is 4.98 Å². The Balaban J connectivity index is 1.98. The minimum Gasteiger partial charge on any atom is -0.497 e. The lowest BCUT2D eigenvalue weighted by atomic mass is 10.2. The third-order valence-electron chi connectivity index (χ3n) is 3.56. The van der Waals surface area contributed by atoms with Crippen LogP contribution in [0.5, 0.6) is 5.75 Å². The zero-order chi connectivity index (χ0) is 18.5. The van der Waals surface area contributed by atoms with Crippen molar-refractivity contribution < 1.29 is 9.15 Å². The molecule has 0 amide bonds. The Morgan fingerprint density at radius 2 is 1.88 bits per heavy atom. The number of benzene rings is 2. The van der Waals surface area contributed by atoms with Crippen LogP contribution in [0.3, 0.4) is 0 Å². The van der Waals surface area contributed by atoms with Crippen molar-refractivity contribution in [1.29, 1.82) is 15.8 Å². The average Bonchev–Trinajstić information content (AvgIpc) is 3.11. The lowest BCUT2D eigenvalue weighted by Gasteiger charge is -2.03. The van der Waals surface area contributed by atoms with Crippen molar-refractivity contribution in [3.8, 4) is 35.4 Å². The highest BCUT2D eigenvalue weighted by molar-refractivity contribution is 5.80. The van der Waals surface area contributed by atoms with Crippen LogP contribution in [0.15, 0.2) is 58.2 Å². The van der Waals surface area contributed by atoms with Gasteiger partial charge in [-0.3, -0.25) is 0 Å². The molecule has 3 aromatic rings. The summed E-state index contributed by atoms with van der Waals surface area (Å²) in [6, 6.07) is 17.6. The molecule has 0 atom stereocenters. The summed E-state index contributed by atoms with van der Waals surface area (Å²) < 4.78 is 11.0. The van der Waals surface area contributed by atoms with Gasteiger partial charge in [0.25, 0.3) is 0 Å². The number of hydrogen-bond acceptors (Lipinski definition) is 7. The molecule has 1 heterocycles. The van der Waals surface area contributed by atoms with E-state index in [4.69, 9.17) is 24.9 Å². The Morgan fingerprint density at radius 1 is 1.08 bits per heavy atom.